The number of H-pyrrole nitrogens is 1. The molecule has 2 amide bonds. The van der Waals surface area contributed by atoms with Crippen molar-refractivity contribution in [2.75, 3.05) is 11.9 Å². The smallest absolute Gasteiger partial charge is 0.324 e. The molecular weight excluding hydrogens is 324 g/mol. The second-order valence-electron chi connectivity index (χ2n) is 4.87. The third-order valence-electron chi connectivity index (χ3n) is 3.46. The Morgan fingerprint density at radius 3 is 2.96 bits per heavy atom. The summed E-state index contributed by atoms with van der Waals surface area (Å²) in [5.41, 5.74) is 0. The maximum Gasteiger partial charge on any atom is 0.324 e. The number of aromatic nitrogens is 3. The van der Waals surface area contributed by atoms with Crippen molar-refractivity contribution in [3.05, 3.63) is 33.5 Å². The van der Waals surface area contributed by atoms with Crippen LogP contribution in [0.25, 0.3) is 0 Å². The summed E-state index contributed by atoms with van der Waals surface area (Å²) in [4.78, 5) is 40.4. The normalized spacial score (nSPS) is 17.2. The van der Waals surface area contributed by atoms with Crippen LogP contribution in [-0.2, 0) is 4.79 Å². The van der Waals surface area contributed by atoms with Crippen LogP contribution in [0.15, 0.2) is 18.5 Å². The molecule has 1 fully saturated rings. The Hall–Kier alpha value is -2.82. The van der Waals surface area contributed by atoms with Crippen LogP contribution in [0, 0.1) is 10.1 Å². The summed E-state index contributed by atoms with van der Waals surface area (Å²) < 4.78 is 0. The van der Waals surface area contributed by atoms with E-state index in [1.165, 1.54) is 23.4 Å². The zero-order valence-corrected chi connectivity index (χ0v) is 12.6. The molecule has 0 aromatic carbocycles. The van der Waals surface area contributed by atoms with Crippen molar-refractivity contribution in [1.82, 2.24) is 20.1 Å². The largest absolute Gasteiger partial charge is 0.326 e. The van der Waals surface area contributed by atoms with E-state index in [9.17, 15) is 19.7 Å². The molecule has 0 aliphatic carbocycles. The van der Waals surface area contributed by atoms with E-state index >= 15 is 0 Å². The first-order valence-electron chi connectivity index (χ1n) is 6.77. The molecule has 0 saturated carbocycles. The molecule has 1 aliphatic heterocycles. The maximum absolute atomic E-state index is 12.5. The van der Waals surface area contributed by atoms with Crippen LogP contribution >= 0.6 is 11.3 Å². The van der Waals surface area contributed by atoms with Gasteiger partial charge in [0.2, 0.25) is 11.9 Å². The van der Waals surface area contributed by atoms with Gasteiger partial charge in [0.15, 0.2) is 0 Å². The van der Waals surface area contributed by atoms with Gasteiger partial charge in [-0.3, -0.25) is 25.0 Å². The highest BCUT2D eigenvalue weighted by Gasteiger charge is 2.35. The van der Waals surface area contributed by atoms with Gasteiger partial charge in [0, 0.05) is 12.6 Å². The van der Waals surface area contributed by atoms with Crippen LogP contribution < -0.4 is 5.32 Å². The first kappa shape index (κ1) is 15.1. The number of thiophene rings is 1. The molecule has 0 unspecified atom stereocenters. The Balaban J connectivity index is 1.73. The predicted molar refractivity (Wildman–Crippen MR) is 80.0 cm³/mol. The molecule has 120 valence electrons. The number of nitro groups is 1. The number of nitrogens with one attached hydrogen (secondary N) is 2. The number of carbonyl (C=O) groups is 2. The Labute approximate surface area is 133 Å². The molecule has 0 spiro atoms. The van der Waals surface area contributed by atoms with Gasteiger partial charge in [-0.25, -0.2) is 5.10 Å². The number of nitrogens with zero attached hydrogens (tertiary/aromatic N) is 4. The van der Waals surface area contributed by atoms with Crippen molar-refractivity contribution >= 4 is 34.1 Å². The van der Waals surface area contributed by atoms with Crippen LogP contribution in [0.5, 0.6) is 0 Å². The number of amides is 2. The number of rotatable bonds is 4. The zero-order chi connectivity index (χ0) is 16.4. The van der Waals surface area contributed by atoms with Gasteiger partial charge in [-0.2, -0.15) is 10.1 Å². The Kier molecular flexibility index (Phi) is 4.02. The molecule has 2 aromatic rings. The number of anilines is 1. The maximum atomic E-state index is 12.5. The summed E-state index contributed by atoms with van der Waals surface area (Å²) in [5.74, 6) is -0.530. The number of aromatic amines is 1. The van der Waals surface area contributed by atoms with Crippen molar-refractivity contribution in [3.8, 4) is 0 Å². The zero-order valence-electron chi connectivity index (χ0n) is 11.8. The third-order valence-corrected chi connectivity index (χ3v) is 4.48. The lowest BCUT2D eigenvalue weighted by Gasteiger charge is -2.22. The topological polar surface area (TPSA) is 134 Å². The van der Waals surface area contributed by atoms with Gasteiger partial charge in [0.1, 0.15) is 12.4 Å². The molecule has 1 saturated heterocycles. The third kappa shape index (κ3) is 3.04. The summed E-state index contributed by atoms with van der Waals surface area (Å²) in [5, 5.41) is 19.3. The van der Waals surface area contributed by atoms with E-state index in [1.807, 2.05) is 0 Å². The molecule has 1 aliphatic rings. The first-order chi connectivity index (χ1) is 11.1. The summed E-state index contributed by atoms with van der Waals surface area (Å²) in [6.07, 6.45) is 2.48. The van der Waals surface area contributed by atoms with E-state index < -0.39 is 11.0 Å². The molecule has 1 atom stereocenters. The first-order valence-corrected chi connectivity index (χ1v) is 7.59. The van der Waals surface area contributed by atoms with Crippen molar-refractivity contribution < 1.29 is 14.5 Å². The lowest BCUT2D eigenvalue weighted by atomic mass is 10.2. The van der Waals surface area contributed by atoms with Crippen molar-refractivity contribution in [1.29, 1.82) is 0 Å². The standard InChI is InChI=1S/C12H12N6O4S/c19-10(15-12-13-6-14-16-12)7-2-1-5-17(7)11(20)8-3-4-9(23-8)18(21)22/h3-4,6-7H,1-2,5H2,(H2,13,14,15,16,19)/t7-/m0/s1. The second kappa shape index (κ2) is 6.12. The van der Waals surface area contributed by atoms with E-state index in [0.29, 0.717) is 19.4 Å². The van der Waals surface area contributed by atoms with E-state index in [-0.39, 0.29) is 27.6 Å². The molecule has 11 heteroatoms. The fourth-order valence-corrected chi connectivity index (χ4v) is 3.21. The molecule has 0 radical (unpaired) electrons. The fourth-order valence-electron chi connectivity index (χ4n) is 2.43. The summed E-state index contributed by atoms with van der Waals surface area (Å²) in [6.45, 7) is 0.430. The van der Waals surface area contributed by atoms with E-state index in [2.05, 4.69) is 20.5 Å². The van der Waals surface area contributed by atoms with Crippen molar-refractivity contribution in [3.63, 3.8) is 0 Å². The van der Waals surface area contributed by atoms with Gasteiger partial charge in [-0.15, -0.1) is 0 Å². The quantitative estimate of drug-likeness (QED) is 0.632. The number of hydrogen-bond acceptors (Lipinski definition) is 7. The fraction of sp³-hybridized carbons (Fsp3) is 0.333. The summed E-state index contributed by atoms with van der Waals surface area (Å²) >= 11 is 0.805. The van der Waals surface area contributed by atoms with E-state index in [4.69, 9.17) is 0 Å². The number of carbonyl (C=O) groups excluding carboxylic acids is 2. The van der Waals surface area contributed by atoms with E-state index in [0.717, 1.165) is 11.3 Å². The Morgan fingerprint density at radius 1 is 1.48 bits per heavy atom. The average molecular weight is 336 g/mol. The van der Waals surface area contributed by atoms with Gasteiger partial charge in [-0.05, 0) is 18.9 Å². The highest BCUT2D eigenvalue weighted by molar-refractivity contribution is 7.17. The Morgan fingerprint density at radius 2 is 2.30 bits per heavy atom. The second-order valence-corrected chi connectivity index (χ2v) is 5.94. The monoisotopic (exact) mass is 336 g/mol. The van der Waals surface area contributed by atoms with Crippen LogP contribution in [0.4, 0.5) is 10.9 Å². The van der Waals surface area contributed by atoms with Crippen molar-refractivity contribution in [2.24, 2.45) is 0 Å². The minimum Gasteiger partial charge on any atom is -0.326 e. The molecule has 10 nitrogen and oxygen atoms in total. The van der Waals surface area contributed by atoms with Crippen LogP contribution in [-0.4, -0.2) is 49.4 Å². The molecule has 23 heavy (non-hydrogen) atoms. The predicted octanol–water partition coefficient (Wildman–Crippen LogP) is 1.02. The molecule has 0 bridgehead atoms. The SMILES string of the molecule is O=C(Nc1ncn[nH]1)[C@@H]1CCCN1C(=O)c1ccc([N+](=O)[O-])s1. The van der Waals surface area contributed by atoms with Crippen LogP contribution in [0.2, 0.25) is 0 Å². The minimum atomic E-state index is -0.631. The molecule has 3 rings (SSSR count). The van der Waals surface area contributed by atoms with Crippen molar-refractivity contribution in [2.45, 2.75) is 18.9 Å². The molecular formula is C12H12N6O4S. The van der Waals surface area contributed by atoms with Gasteiger partial charge >= 0.3 is 5.00 Å². The van der Waals surface area contributed by atoms with Crippen LogP contribution in [0.3, 0.4) is 0 Å². The van der Waals surface area contributed by atoms with Gasteiger partial charge < -0.3 is 4.90 Å². The lowest BCUT2D eigenvalue weighted by Crippen LogP contribution is -2.43. The highest BCUT2D eigenvalue weighted by atomic mass is 32.1. The number of hydrogen-bond donors (Lipinski definition) is 2. The summed E-state index contributed by atoms with van der Waals surface area (Å²) in [6, 6.07) is 2.07. The molecule has 3 heterocycles. The average Bonchev–Trinajstić information content (AvgIpc) is 3.26. The summed E-state index contributed by atoms with van der Waals surface area (Å²) in [7, 11) is 0. The lowest BCUT2D eigenvalue weighted by molar-refractivity contribution is -0.380. The van der Waals surface area contributed by atoms with E-state index in [1.54, 1.807) is 0 Å². The van der Waals surface area contributed by atoms with Gasteiger partial charge in [0.05, 0.1) is 9.80 Å². The number of likely N-dealkylation sites (tertiary alicyclic amines) is 1. The van der Waals surface area contributed by atoms with Gasteiger partial charge in [0.25, 0.3) is 5.91 Å². The molecule has 2 aromatic heterocycles. The minimum absolute atomic E-state index is 0.102. The molecule has 2 N–H and O–H groups in total. The van der Waals surface area contributed by atoms with Crippen LogP contribution in [0.1, 0.15) is 22.5 Å². The Bertz CT molecular complexity index is 743. The van der Waals surface area contributed by atoms with Gasteiger partial charge in [-0.1, -0.05) is 11.3 Å². The highest BCUT2D eigenvalue weighted by Crippen LogP contribution is 2.28.